The molecule has 1 aromatic carbocycles. The fraction of sp³-hybridized carbons (Fsp3) is 0.556. The molecule has 0 radical (unpaired) electrons. The van der Waals surface area contributed by atoms with Crippen LogP contribution in [0.4, 0.5) is 10.1 Å². The number of carbonyl (C=O) groups is 1. The Labute approximate surface area is 143 Å². The zero-order valence-electron chi connectivity index (χ0n) is 14.6. The van der Waals surface area contributed by atoms with Crippen LogP contribution >= 0.6 is 0 Å². The fourth-order valence-corrected chi connectivity index (χ4v) is 2.69. The molecule has 1 saturated heterocycles. The Hall–Kier alpha value is -2.13. The third kappa shape index (κ3) is 4.24. The highest BCUT2D eigenvalue weighted by Gasteiger charge is 2.31. The van der Waals surface area contributed by atoms with Gasteiger partial charge < -0.3 is 10.2 Å². The summed E-state index contributed by atoms with van der Waals surface area (Å²) < 4.78 is 13.8. The molecule has 1 aliphatic rings. The van der Waals surface area contributed by atoms with Crippen molar-refractivity contribution in [3.05, 3.63) is 30.1 Å². The van der Waals surface area contributed by atoms with Gasteiger partial charge in [-0.25, -0.2) is 4.39 Å². The fourth-order valence-electron chi connectivity index (χ4n) is 2.69. The van der Waals surface area contributed by atoms with Crippen molar-refractivity contribution >= 4 is 11.6 Å². The highest BCUT2D eigenvalue weighted by atomic mass is 19.1. The predicted molar refractivity (Wildman–Crippen MR) is 92.1 cm³/mol. The van der Waals surface area contributed by atoms with E-state index < -0.39 is 5.54 Å². The number of para-hydroxylation sites is 1. The topological polar surface area (TPSA) is 59.4 Å². The van der Waals surface area contributed by atoms with Crippen LogP contribution in [0.1, 0.15) is 20.8 Å². The first-order valence-electron chi connectivity index (χ1n) is 8.30. The van der Waals surface area contributed by atoms with E-state index in [1.807, 2.05) is 29.7 Å². The summed E-state index contributed by atoms with van der Waals surface area (Å²) in [7, 11) is 0. The number of halogens is 1. The van der Waals surface area contributed by atoms with Crippen LogP contribution in [0.2, 0.25) is 0 Å². The van der Waals surface area contributed by atoms with Crippen LogP contribution in [0.25, 0.3) is 0 Å². The van der Waals surface area contributed by atoms with E-state index in [2.05, 4.69) is 11.4 Å². The summed E-state index contributed by atoms with van der Waals surface area (Å²) in [6, 6.07) is 8.93. The van der Waals surface area contributed by atoms with Gasteiger partial charge in [-0.15, -0.1) is 0 Å². The Bertz CT molecular complexity index is 620. The first kappa shape index (κ1) is 18.2. The molecule has 6 heteroatoms. The summed E-state index contributed by atoms with van der Waals surface area (Å²) in [5, 5.41) is 12.1. The van der Waals surface area contributed by atoms with Gasteiger partial charge in [-0.05, 0) is 25.0 Å². The van der Waals surface area contributed by atoms with Crippen molar-refractivity contribution < 1.29 is 9.18 Å². The zero-order chi connectivity index (χ0) is 17.7. The zero-order valence-corrected chi connectivity index (χ0v) is 14.6. The number of nitrogens with zero attached hydrogens (tertiary/aromatic N) is 3. The van der Waals surface area contributed by atoms with Crippen molar-refractivity contribution in [3.63, 3.8) is 0 Å². The van der Waals surface area contributed by atoms with Crippen LogP contribution in [0.15, 0.2) is 24.3 Å². The largest absolute Gasteiger partial charge is 0.367 e. The number of anilines is 1. The molecule has 0 saturated carbocycles. The van der Waals surface area contributed by atoms with Crippen molar-refractivity contribution in [3.8, 4) is 6.07 Å². The second-order valence-corrected chi connectivity index (χ2v) is 6.73. The number of benzene rings is 1. The van der Waals surface area contributed by atoms with Crippen LogP contribution in [0.3, 0.4) is 0 Å². The van der Waals surface area contributed by atoms with Crippen LogP contribution < -0.4 is 10.2 Å². The van der Waals surface area contributed by atoms with Crippen molar-refractivity contribution in [1.82, 2.24) is 10.2 Å². The number of rotatable bonds is 5. The van der Waals surface area contributed by atoms with E-state index in [1.54, 1.807) is 19.1 Å². The van der Waals surface area contributed by atoms with Gasteiger partial charge >= 0.3 is 0 Å². The van der Waals surface area contributed by atoms with Gasteiger partial charge in [0.2, 0.25) is 5.91 Å². The van der Waals surface area contributed by atoms with E-state index in [4.69, 9.17) is 0 Å². The van der Waals surface area contributed by atoms with E-state index in [9.17, 15) is 14.4 Å². The maximum absolute atomic E-state index is 13.8. The lowest BCUT2D eigenvalue weighted by molar-refractivity contribution is -0.124. The van der Waals surface area contributed by atoms with E-state index in [1.165, 1.54) is 6.07 Å². The van der Waals surface area contributed by atoms with Gasteiger partial charge in [0, 0.05) is 26.2 Å². The molecule has 24 heavy (non-hydrogen) atoms. The average molecular weight is 332 g/mol. The van der Waals surface area contributed by atoms with Gasteiger partial charge in [0.15, 0.2) is 0 Å². The molecule has 0 spiro atoms. The molecule has 1 fully saturated rings. The molecule has 1 aromatic rings. The third-order valence-corrected chi connectivity index (χ3v) is 4.72. The molecule has 5 nitrogen and oxygen atoms in total. The molecular formula is C18H25FN4O. The number of nitriles is 1. The molecule has 1 heterocycles. The Kier molecular flexibility index (Phi) is 5.79. The number of piperazine rings is 1. The van der Waals surface area contributed by atoms with E-state index in [0.717, 1.165) is 0 Å². The Morgan fingerprint density at radius 3 is 2.50 bits per heavy atom. The SMILES string of the molecule is CC(C)[C@](C)(C#N)NC(=O)CN1CCN(c2ccccc2F)CC1. The van der Waals surface area contributed by atoms with Crippen molar-refractivity contribution in [2.24, 2.45) is 5.92 Å². The molecule has 1 aliphatic heterocycles. The first-order chi connectivity index (χ1) is 11.4. The second kappa shape index (κ2) is 7.63. The highest BCUT2D eigenvalue weighted by Crippen LogP contribution is 2.20. The smallest absolute Gasteiger partial charge is 0.235 e. The van der Waals surface area contributed by atoms with Gasteiger partial charge in [0.1, 0.15) is 11.4 Å². The molecule has 2 rings (SSSR count). The minimum Gasteiger partial charge on any atom is -0.367 e. The van der Waals surface area contributed by atoms with E-state index >= 15 is 0 Å². The summed E-state index contributed by atoms with van der Waals surface area (Å²) in [5.41, 5.74) is -0.245. The molecule has 0 aromatic heterocycles. The molecule has 0 aliphatic carbocycles. The van der Waals surface area contributed by atoms with Gasteiger partial charge in [-0.3, -0.25) is 9.69 Å². The third-order valence-electron chi connectivity index (χ3n) is 4.72. The second-order valence-electron chi connectivity index (χ2n) is 6.73. The summed E-state index contributed by atoms with van der Waals surface area (Å²) in [6.45, 7) is 8.55. The van der Waals surface area contributed by atoms with Gasteiger partial charge in [-0.2, -0.15) is 5.26 Å². The summed E-state index contributed by atoms with van der Waals surface area (Å²) in [5.74, 6) is -0.332. The predicted octanol–water partition coefficient (Wildman–Crippen LogP) is 2.00. The van der Waals surface area contributed by atoms with Crippen molar-refractivity contribution in [2.45, 2.75) is 26.3 Å². The number of carbonyl (C=O) groups excluding carboxylic acids is 1. The Balaban J connectivity index is 1.86. The number of amides is 1. The van der Waals surface area contributed by atoms with Crippen LogP contribution in [-0.2, 0) is 4.79 Å². The summed E-state index contributed by atoms with van der Waals surface area (Å²) >= 11 is 0. The molecule has 0 bridgehead atoms. The lowest BCUT2D eigenvalue weighted by atomic mass is 9.90. The molecule has 130 valence electrons. The first-order valence-corrected chi connectivity index (χ1v) is 8.30. The summed E-state index contributed by atoms with van der Waals surface area (Å²) in [4.78, 5) is 16.2. The van der Waals surface area contributed by atoms with Gasteiger partial charge in [-0.1, -0.05) is 26.0 Å². The Morgan fingerprint density at radius 2 is 1.96 bits per heavy atom. The normalized spacial score (nSPS) is 18.1. The van der Waals surface area contributed by atoms with Crippen LogP contribution in [0, 0.1) is 23.1 Å². The minimum atomic E-state index is -0.855. The monoisotopic (exact) mass is 332 g/mol. The quantitative estimate of drug-likeness (QED) is 0.896. The molecule has 0 unspecified atom stereocenters. The standard InChI is InChI=1S/C18H25FN4O/c1-14(2)18(3,13-20)21-17(24)12-22-8-10-23(11-9-22)16-7-5-4-6-15(16)19/h4-7,14H,8-12H2,1-3H3,(H,21,24)/t18-/m0/s1. The highest BCUT2D eigenvalue weighted by molar-refractivity contribution is 5.79. The van der Waals surface area contributed by atoms with Crippen molar-refractivity contribution in [1.29, 1.82) is 5.26 Å². The maximum Gasteiger partial charge on any atom is 0.235 e. The lowest BCUT2D eigenvalue weighted by Crippen LogP contribution is -2.54. The molecule has 1 amide bonds. The van der Waals surface area contributed by atoms with Crippen LogP contribution in [0.5, 0.6) is 0 Å². The summed E-state index contributed by atoms with van der Waals surface area (Å²) in [6.07, 6.45) is 0. The molecular weight excluding hydrogens is 307 g/mol. The molecule has 1 atom stereocenters. The number of nitrogens with one attached hydrogen (secondary N) is 1. The Morgan fingerprint density at radius 1 is 1.33 bits per heavy atom. The lowest BCUT2D eigenvalue weighted by Gasteiger charge is -2.36. The van der Waals surface area contributed by atoms with Gasteiger partial charge in [0.25, 0.3) is 0 Å². The molecule has 1 N–H and O–H groups in total. The van der Waals surface area contributed by atoms with E-state index in [-0.39, 0.29) is 24.2 Å². The minimum absolute atomic E-state index is 0.0318. The maximum atomic E-state index is 13.8. The number of hydrogen-bond donors (Lipinski definition) is 1. The van der Waals surface area contributed by atoms with E-state index in [0.29, 0.717) is 31.9 Å². The van der Waals surface area contributed by atoms with Crippen molar-refractivity contribution in [2.75, 3.05) is 37.6 Å². The number of hydrogen-bond acceptors (Lipinski definition) is 4. The average Bonchev–Trinajstić information content (AvgIpc) is 2.55. The van der Waals surface area contributed by atoms with Gasteiger partial charge in [0.05, 0.1) is 18.3 Å². The van der Waals surface area contributed by atoms with Crippen LogP contribution in [-0.4, -0.2) is 49.1 Å².